The molecule has 0 radical (unpaired) electrons. The Kier molecular flexibility index (Phi) is 7.07. The van der Waals surface area contributed by atoms with Crippen LogP contribution in [0, 0.1) is 13.8 Å². The van der Waals surface area contributed by atoms with E-state index in [0.29, 0.717) is 29.1 Å². The van der Waals surface area contributed by atoms with Crippen LogP contribution in [0.4, 0.5) is 11.4 Å². The minimum atomic E-state index is -4.07. The van der Waals surface area contributed by atoms with E-state index in [0.717, 1.165) is 16.5 Å². The molecule has 0 aliphatic rings. The monoisotopic (exact) mass is 488 g/mol. The number of nitrogens with zero attached hydrogens (tertiary/aromatic N) is 1. The standard InChI is InChI=1S/C28H28N2O4S/c1-4-34-24-17-15-23(16-18-24)29-28(31)19-30(26-13-7-9-20(2)21(26)3)35(32,33)27-14-8-11-22-10-5-6-12-25(22)27/h5-18H,4,19H2,1-3H3,(H,29,31). The lowest BCUT2D eigenvalue weighted by molar-refractivity contribution is -0.114. The molecular weight excluding hydrogens is 460 g/mol. The van der Waals surface area contributed by atoms with Crippen molar-refractivity contribution in [3.8, 4) is 5.75 Å². The second kappa shape index (κ2) is 10.2. The molecule has 4 aromatic carbocycles. The van der Waals surface area contributed by atoms with E-state index >= 15 is 0 Å². The summed E-state index contributed by atoms with van der Waals surface area (Å²) in [7, 11) is -4.07. The molecule has 0 spiro atoms. The number of carbonyl (C=O) groups excluding carboxylic acids is 1. The van der Waals surface area contributed by atoms with Gasteiger partial charge in [-0.25, -0.2) is 8.42 Å². The van der Waals surface area contributed by atoms with Gasteiger partial charge in [-0.3, -0.25) is 9.10 Å². The molecule has 0 fully saturated rings. The van der Waals surface area contributed by atoms with Crippen molar-refractivity contribution >= 4 is 38.1 Å². The number of amides is 1. The van der Waals surface area contributed by atoms with Crippen molar-refractivity contribution in [2.45, 2.75) is 25.7 Å². The van der Waals surface area contributed by atoms with Gasteiger partial charge in [-0.05, 0) is 73.7 Å². The Balaban J connectivity index is 1.73. The van der Waals surface area contributed by atoms with E-state index in [9.17, 15) is 13.2 Å². The fourth-order valence-corrected chi connectivity index (χ4v) is 5.67. The molecule has 0 bridgehead atoms. The molecule has 180 valence electrons. The highest BCUT2D eigenvalue weighted by molar-refractivity contribution is 7.93. The van der Waals surface area contributed by atoms with Gasteiger partial charge in [0.15, 0.2) is 0 Å². The van der Waals surface area contributed by atoms with Crippen molar-refractivity contribution in [3.05, 3.63) is 96.1 Å². The number of fused-ring (bicyclic) bond motifs is 1. The summed E-state index contributed by atoms with van der Waals surface area (Å²) in [4.78, 5) is 13.3. The summed E-state index contributed by atoms with van der Waals surface area (Å²) in [5, 5.41) is 4.23. The summed E-state index contributed by atoms with van der Waals surface area (Å²) in [6, 6.07) is 24.9. The average Bonchev–Trinajstić information content (AvgIpc) is 2.85. The van der Waals surface area contributed by atoms with Crippen LogP contribution in [0.25, 0.3) is 10.8 Å². The number of aryl methyl sites for hydroxylation is 1. The molecule has 4 aromatic rings. The molecule has 0 aliphatic carbocycles. The molecule has 7 heteroatoms. The van der Waals surface area contributed by atoms with Crippen LogP contribution in [0.1, 0.15) is 18.1 Å². The molecular formula is C28H28N2O4S. The Morgan fingerprint density at radius 2 is 1.57 bits per heavy atom. The van der Waals surface area contributed by atoms with Gasteiger partial charge in [0.2, 0.25) is 5.91 Å². The number of benzene rings is 4. The van der Waals surface area contributed by atoms with E-state index in [1.54, 1.807) is 54.6 Å². The third kappa shape index (κ3) is 5.15. The molecule has 0 heterocycles. The molecule has 0 atom stereocenters. The number of sulfonamides is 1. The van der Waals surface area contributed by atoms with Gasteiger partial charge in [0.1, 0.15) is 12.3 Å². The highest BCUT2D eigenvalue weighted by atomic mass is 32.2. The molecule has 0 aliphatic heterocycles. The minimum absolute atomic E-state index is 0.158. The van der Waals surface area contributed by atoms with Crippen LogP contribution in [-0.4, -0.2) is 27.5 Å². The average molecular weight is 489 g/mol. The Bertz CT molecular complexity index is 1460. The summed E-state index contributed by atoms with van der Waals surface area (Å²) in [6.07, 6.45) is 0. The van der Waals surface area contributed by atoms with Crippen LogP contribution in [0.3, 0.4) is 0 Å². The number of anilines is 2. The number of carbonyl (C=O) groups is 1. The van der Waals surface area contributed by atoms with E-state index in [4.69, 9.17) is 4.74 Å². The number of ether oxygens (including phenoxy) is 1. The van der Waals surface area contributed by atoms with E-state index < -0.39 is 15.9 Å². The van der Waals surface area contributed by atoms with Crippen LogP contribution in [0.5, 0.6) is 5.75 Å². The largest absolute Gasteiger partial charge is 0.494 e. The normalized spacial score (nSPS) is 11.3. The molecule has 0 unspecified atom stereocenters. The van der Waals surface area contributed by atoms with Gasteiger partial charge in [-0.1, -0.05) is 48.5 Å². The van der Waals surface area contributed by atoms with Crippen molar-refractivity contribution in [1.29, 1.82) is 0 Å². The Hall–Kier alpha value is -3.84. The van der Waals surface area contributed by atoms with Crippen LogP contribution < -0.4 is 14.4 Å². The molecule has 35 heavy (non-hydrogen) atoms. The van der Waals surface area contributed by atoms with E-state index in [1.807, 2.05) is 51.1 Å². The van der Waals surface area contributed by atoms with Gasteiger partial charge >= 0.3 is 0 Å². The maximum absolute atomic E-state index is 14.0. The van der Waals surface area contributed by atoms with Crippen LogP contribution >= 0.6 is 0 Å². The van der Waals surface area contributed by atoms with E-state index in [2.05, 4.69) is 5.32 Å². The smallest absolute Gasteiger partial charge is 0.265 e. The summed E-state index contributed by atoms with van der Waals surface area (Å²) in [5.74, 6) is 0.250. The molecule has 6 nitrogen and oxygen atoms in total. The van der Waals surface area contributed by atoms with Gasteiger partial charge in [-0.2, -0.15) is 0 Å². The van der Waals surface area contributed by atoms with Crippen molar-refractivity contribution in [3.63, 3.8) is 0 Å². The molecule has 0 aromatic heterocycles. The predicted molar refractivity (Wildman–Crippen MR) is 141 cm³/mol. The molecule has 1 N–H and O–H groups in total. The number of hydrogen-bond acceptors (Lipinski definition) is 4. The quantitative estimate of drug-likeness (QED) is 0.346. The number of nitrogens with one attached hydrogen (secondary N) is 1. The fourth-order valence-electron chi connectivity index (χ4n) is 3.98. The van der Waals surface area contributed by atoms with Crippen molar-refractivity contribution in [2.75, 3.05) is 22.8 Å². The van der Waals surface area contributed by atoms with Gasteiger partial charge in [0.05, 0.1) is 17.2 Å². The van der Waals surface area contributed by atoms with Gasteiger partial charge in [0, 0.05) is 11.1 Å². The third-order valence-corrected chi connectivity index (χ3v) is 7.72. The Morgan fingerprint density at radius 3 is 2.31 bits per heavy atom. The highest BCUT2D eigenvalue weighted by Crippen LogP contribution is 2.32. The number of hydrogen-bond donors (Lipinski definition) is 1. The van der Waals surface area contributed by atoms with E-state index in [1.165, 1.54) is 4.31 Å². The highest BCUT2D eigenvalue weighted by Gasteiger charge is 2.30. The van der Waals surface area contributed by atoms with Crippen LogP contribution in [-0.2, 0) is 14.8 Å². The Labute approximate surface area is 206 Å². The minimum Gasteiger partial charge on any atom is -0.494 e. The maximum Gasteiger partial charge on any atom is 0.265 e. The van der Waals surface area contributed by atoms with Gasteiger partial charge in [0.25, 0.3) is 10.0 Å². The summed E-state index contributed by atoms with van der Waals surface area (Å²) >= 11 is 0. The lowest BCUT2D eigenvalue weighted by atomic mass is 10.1. The van der Waals surface area contributed by atoms with Crippen molar-refractivity contribution in [2.24, 2.45) is 0 Å². The molecule has 0 saturated heterocycles. The maximum atomic E-state index is 14.0. The predicted octanol–water partition coefficient (Wildman–Crippen LogP) is 5.69. The fraction of sp³-hybridized carbons (Fsp3) is 0.179. The lowest BCUT2D eigenvalue weighted by Gasteiger charge is -2.27. The first-order valence-electron chi connectivity index (χ1n) is 11.4. The van der Waals surface area contributed by atoms with Crippen LogP contribution in [0.2, 0.25) is 0 Å². The summed E-state index contributed by atoms with van der Waals surface area (Å²) in [6.45, 7) is 5.85. The lowest BCUT2D eigenvalue weighted by Crippen LogP contribution is -2.38. The second-order valence-electron chi connectivity index (χ2n) is 8.21. The topological polar surface area (TPSA) is 75.7 Å². The van der Waals surface area contributed by atoms with Gasteiger partial charge in [-0.15, -0.1) is 0 Å². The van der Waals surface area contributed by atoms with Crippen LogP contribution in [0.15, 0.2) is 89.8 Å². The first-order valence-corrected chi connectivity index (χ1v) is 12.8. The van der Waals surface area contributed by atoms with E-state index in [-0.39, 0.29) is 11.4 Å². The van der Waals surface area contributed by atoms with Crippen molar-refractivity contribution < 1.29 is 17.9 Å². The summed E-state index contributed by atoms with van der Waals surface area (Å²) < 4.78 is 34.7. The zero-order chi connectivity index (χ0) is 25.0. The van der Waals surface area contributed by atoms with Crippen molar-refractivity contribution in [1.82, 2.24) is 0 Å². The first kappa shape index (κ1) is 24.3. The molecule has 1 amide bonds. The molecule has 4 rings (SSSR count). The SMILES string of the molecule is CCOc1ccc(NC(=O)CN(c2cccc(C)c2C)S(=O)(=O)c2cccc3ccccc23)cc1. The third-order valence-electron chi connectivity index (χ3n) is 5.90. The first-order chi connectivity index (χ1) is 16.8. The Morgan fingerprint density at radius 1 is 0.886 bits per heavy atom. The second-order valence-corrected chi connectivity index (χ2v) is 10.0. The summed E-state index contributed by atoms with van der Waals surface area (Å²) in [5.41, 5.74) is 2.76. The zero-order valence-electron chi connectivity index (χ0n) is 20.0. The molecule has 0 saturated carbocycles. The zero-order valence-corrected chi connectivity index (χ0v) is 20.8. The van der Waals surface area contributed by atoms with Gasteiger partial charge < -0.3 is 10.1 Å². The number of rotatable bonds is 8.